The lowest BCUT2D eigenvalue weighted by molar-refractivity contribution is 0.0901. The van der Waals surface area contributed by atoms with Crippen LogP contribution in [0.3, 0.4) is 0 Å². The van der Waals surface area contributed by atoms with E-state index in [0.29, 0.717) is 30.0 Å². The summed E-state index contributed by atoms with van der Waals surface area (Å²) in [6.45, 7) is 3.77. The Kier molecular flexibility index (Phi) is 3.30. The number of aryl methyl sites for hydroxylation is 2. The van der Waals surface area contributed by atoms with Crippen molar-refractivity contribution in [2.75, 3.05) is 6.61 Å². The van der Waals surface area contributed by atoms with Gasteiger partial charge < -0.3 is 19.0 Å². The third-order valence-corrected chi connectivity index (χ3v) is 3.73. The van der Waals surface area contributed by atoms with Gasteiger partial charge in [0.2, 0.25) is 17.5 Å². The topological polar surface area (TPSA) is 103 Å². The molecule has 8 heteroatoms. The van der Waals surface area contributed by atoms with Gasteiger partial charge in [-0.1, -0.05) is 17.3 Å². The Labute approximate surface area is 136 Å². The van der Waals surface area contributed by atoms with Crippen LogP contribution in [0.1, 0.15) is 33.9 Å². The van der Waals surface area contributed by atoms with Gasteiger partial charge >= 0.3 is 0 Å². The predicted molar refractivity (Wildman–Crippen MR) is 81.4 cm³/mol. The fourth-order valence-corrected chi connectivity index (χ4v) is 2.58. The summed E-state index contributed by atoms with van der Waals surface area (Å²) in [4.78, 5) is 20.3. The van der Waals surface area contributed by atoms with Crippen molar-refractivity contribution in [3.8, 4) is 17.1 Å². The molecule has 0 fully saturated rings. The number of carbonyl (C=O) groups is 1. The Hall–Kier alpha value is -3.16. The molecule has 1 unspecified atom stereocenters. The van der Waals surface area contributed by atoms with Crippen molar-refractivity contribution >= 4 is 5.91 Å². The molecular formula is C16H14N4O4. The number of oxazole rings is 1. The minimum Gasteiger partial charge on any atom is -0.491 e. The number of aromatic nitrogens is 3. The monoisotopic (exact) mass is 326 g/mol. The first kappa shape index (κ1) is 14.4. The number of benzene rings is 1. The number of carbonyl (C=O) groups excluding carboxylic acids is 1. The Bertz CT molecular complexity index is 914. The van der Waals surface area contributed by atoms with Crippen LogP contribution in [0.25, 0.3) is 11.4 Å². The van der Waals surface area contributed by atoms with Crippen molar-refractivity contribution < 1.29 is 18.5 Å². The standard InChI is InChI=1S/C16H14N4O4/c1-8-17-6-14(23-8)16(21)19-12-7-22-13-5-10(3-4-11(12)13)15-18-9(2)24-20-15/h3-6,12H,7H2,1-2H3,(H,19,21). The van der Waals surface area contributed by atoms with Crippen LogP contribution in [0.4, 0.5) is 0 Å². The third kappa shape index (κ3) is 2.51. The fraction of sp³-hybridized carbons (Fsp3) is 0.250. The molecule has 1 aliphatic heterocycles. The second kappa shape index (κ2) is 5.48. The fourth-order valence-electron chi connectivity index (χ4n) is 2.58. The molecule has 1 aliphatic rings. The lowest BCUT2D eigenvalue weighted by Crippen LogP contribution is -2.29. The molecule has 1 aromatic carbocycles. The van der Waals surface area contributed by atoms with Gasteiger partial charge in [0.1, 0.15) is 12.4 Å². The van der Waals surface area contributed by atoms with Gasteiger partial charge in [-0.2, -0.15) is 4.98 Å². The number of nitrogens with zero attached hydrogens (tertiary/aromatic N) is 3. The Morgan fingerprint density at radius 1 is 1.29 bits per heavy atom. The quantitative estimate of drug-likeness (QED) is 0.787. The summed E-state index contributed by atoms with van der Waals surface area (Å²) in [5.41, 5.74) is 1.69. The van der Waals surface area contributed by atoms with Crippen molar-refractivity contribution in [1.29, 1.82) is 0 Å². The summed E-state index contributed by atoms with van der Waals surface area (Å²) in [5, 5.41) is 6.77. The van der Waals surface area contributed by atoms with Crippen molar-refractivity contribution in [2.45, 2.75) is 19.9 Å². The molecule has 0 bridgehead atoms. The maximum Gasteiger partial charge on any atom is 0.289 e. The number of hydrogen-bond donors (Lipinski definition) is 1. The van der Waals surface area contributed by atoms with Gasteiger partial charge in [0.05, 0.1) is 12.2 Å². The lowest BCUT2D eigenvalue weighted by Gasteiger charge is -2.10. The third-order valence-electron chi connectivity index (χ3n) is 3.73. The molecule has 24 heavy (non-hydrogen) atoms. The number of fused-ring (bicyclic) bond motifs is 1. The number of amides is 1. The van der Waals surface area contributed by atoms with E-state index < -0.39 is 0 Å². The molecule has 8 nitrogen and oxygen atoms in total. The molecule has 2 aromatic heterocycles. The molecule has 1 amide bonds. The molecular weight excluding hydrogens is 312 g/mol. The van der Waals surface area contributed by atoms with Crippen LogP contribution < -0.4 is 10.1 Å². The van der Waals surface area contributed by atoms with Crippen LogP contribution in [0.5, 0.6) is 5.75 Å². The van der Waals surface area contributed by atoms with Gasteiger partial charge in [-0.3, -0.25) is 4.79 Å². The molecule has 3 aromatic rings. The van der Waals surface area contributed by atoms with Crippen LogP contribution >= 0.6 is 0 Å². The summed E-state index contributed by atoms with van der Waals surface area (Å²) in [5.74, 6) is 1.99. The molecule has 3 heterocycles. The largest absolute Gasteiger partial charge is 0.491 e. The van der Waals surface area contributed by atoms with E-state index in [9.17, 15) is 4.79 Å². The van der Waals surface area contributed by atoms with Crippen molar-refractivity contribution in [3.05, 3.63) is 47.5 Å². The van der Waals surface area contributed by atoms with Crippen molar-refractivity contribution in [3.63, 3.8) is 0 Å². The molecule has 1 atom stereocenters. The number of rotatable bonds is 3. The molecule has 0 radical (unpaired) electrons. The van der Waals surface area contributed by atoms with Crippen LogP contribution in [-0.2, 0) is 0 Å². The maximum absolute atomic E-state index is 12.2. The van der Waals surface area contributed by atoms with Crippen molar-refractivity contribution in [2.24, 2.45) is 0 Å². The molecule has 0 spiro atoms. The molecule has 0 saturated heterocycles. The molecule has 122 valence electrons. The zero-order chi connectivity index (χ0) is 16.7. The Morgan fingerprint density at radius 3 is 2.88 bits per heavy atom. The first-order valence-electron chi connectivity index (χ1n) is 7.41. The first-order valence-corrected chi connectivity index (χ1v) is 7.41. The predicted octanol–water partition coefficient (Wildman–Crippen LogP) is 2.20. The van der Waals surface area contributed by atoms with E-state index in [1.54, 1.807) is 13.8 Å². The number of hydrogen-bond acceptors (Lipinski definition) is 7. The second-order valence-corrected chi connectivity index (χ2v) is 5.47. The molecule has 0 saturated carbocycles. The molecule has 0 aliphatic carbocycles. The van der Waals surface area contributed by atoms with E-state index in [-0.39, 0.29) is 17.7 Å². The normalized spacial score (nSPS) is 15.8. The van der Waals surface area contributed by atoms with E-state index in [4.69, 9.17) is 13.7 Å². The number of ether oxygens (including phenoxy) is 1. The zero-order valence-electron chi connectivity index (χ0n) is 13.1. The van der Waals surface area contributed by atoms with Crippen molar-refractivity contribution in [1.82, 2.24) is 20.4 Å². The van der Waals surface area contributed by atoms with E-state index in [0.717, 1.165) is 11.1 Å². The minimum atomic E-state index is -0.324. The van der Waals surface area contributed by atoms with Crippen LogP contribution in [-0.4, -0.2) is 27.6 Å². The summed E-state index contributed by atoms with van der Waals surface area (Å²) >= 11 is 0. The number of nitrogens with one attached hydrogen (secondary N) is 1. The van der Waals surface area contributed by atoms with Gasteiger partial charge in [0.15, 0.2) is 5.89 Å². The summed E-state index contributed by atoms with van der Waals surface area (Å²) in [6.07, 6.45) is 1.41. The lowest BCUT2D eigenvalue weighted by atomic mass is 10.1. The Balaban J connectivity index is 1.55. The highest BCUT2D eigenvalue weighted by Crippen LogP contribution is 2.35. The van der Waals surface area contributed by atoms with Crippen LogP contribution in [0.15, 0.2) is 33.3 Å². The van der Waals surface area contributed by atoms with Crippen LogP contribution in [0.2, 0.25) is 0 Å². The average molecular weight is 326 g/mol. The van der Waals surface area contributed by atoms with Gasteiger partial charge in [-0.15, -0.1) is 0 Å². The summed E-state index contributed by atoms with van der Waals surface area (Å²) in [6, 6.07) is 5.35. The summed E-state index contributed by atoms with van der Waals surface area (Å²) < 4.78 is 15.9. The average Bonchev–Trinajstić information content (AvgIpc) is 3.28. The van der Waals surface area contributed by atoms with E-state index >= 15 is 0 Å². The smallest absolute Gasteiger partial charge is 0.289 e. The molecule has 4 rings (SSSR count). The first-order chi connectivity index (χ1) is 11.6. The molecule has 1 N–H and O–H groups in total. The highest BCUT2D eigenvalue weighted by molar-refractivity contribution is 5.91. The van der Waals surface area contributed by atoms with Gasteiger partial charge in [-0.25, -0.2) is 4.98 Å². The van der Waals surface area contributed by atoms with Crippen LogP contribution in [0, 0.1) is 13.8 Å². The highest BCUT2D eigenvalue weighted by atomic mass is 16.5. The van der Waals surface area contributed by atoms with E-state index in [1.807, 2.05) is 18.2 Å². The van der Waals surface area contributed by atoms with Gasteiger partial charge in [0, 0.05) is 25.0 Å². The minimum absolute atomic E-state index is 0.180. The summed E-state index contributed by atoms with van der Waals surface area (Å²) in [7, 11) is 0. The zero-order valence-corrected chi connectivity index (χ0v) is 13.1. The second-order valence-electron chi connectivity index (χ2n) is 5.47. The maximum atomic E-state index is 12.2. The highest BCUT2D eigenvalue weighted by Gasteiger charge is 2.27. The Morgan fingerprint density at radius 2 is 2.17 bits per heavy atom. The van der Waals surface area contributed by atoms with E-state index in [1.165, 1.54) is 6.20 Å². The van der Waals surface area contributed by atoms with Gasteiger partial charge in [0.25, 0.3) is 5.91 Å². The van der Waals surface area contributed by atoms with Gasteiger partial charge in [-0.05, 0) is 6.07 Å². The SMILES string of the molecule is Cc1nc(-c2ccc3c(c2)OCC3NC(=O)c2cnc(C)o2)no1. The van der Waals surface area contributed by atoms with E-state index in [2.05, 4.69) is 20.4 Å².